The summed E-state index contributed by atoms with van der Waals surface area (Å²) in [4.78, 5) is 23.4. The highest BCUT2D eigenvalue weighted by atomic mass is 16.5. The molecule has 0 radical (unpaired) electrons. The first-order valence-electron chi connectivity index (χ1n) is 5.94. The van der Waals surface area contributed by atoms with E-state index >= 15 is 0 Å². The van der Waals surface area contributed by atoms with Crippen LogP contribution in [0.5, 0.6) is 5.75 Å². The maximum Gasteiger partial charge on any atom is 0.262 e. The van der Waals surface area contributed by atoms with Gasteiger partial charge in [0.2, 0.25) is 0 Å². The molecule has 1 aliphatic heterocycles. The summed E-state index contributed by atoms with van der Waals surface area (Å²) in [5.41, 5.74) is 0.799. The molecule has 0 aliphatic carbocycles. The third-order valence-electron chi connectivity index (χ3n) is 2.75. The standard InChI is InChI=1S/C13H11N3O4/c1-7-5-10(16-20-7)15-13(18)8-3-2-4-9-12(8)19-6-11(17)14-9/h2-5H,6H2,1H3,(H,14,17)(H,15,16,18). The third-order valence-corrected chi connectivity index (χ3v) is 2.75. The topological polar surface area (TPSA) is 93.5 Å². The van der Waals surface area contributed by atoms with Crippen LogP contribution >= 0.6 is 0 Å². The lowest BCUT2D eigenvalue weighted by Crippen LogP contribution is -2.27. The van der Waals surface area contributed by atoms with Crippen LogP contribution in [-0.2, 0) is 4.79 Å². The molecule has 1 aromatic heterocycles. The summed E-state index contributed by atoms with van der Waals surface area (Å²) < 4.78 is 10.2. The van der Waals surface area contributed by atoms with Crippen LogP contribution in [0.2, 0.25) is 0 Å². The van der Waals surface area contributed by atoms with Crippen molar-refractivity contribution < 1.29 is 18.8 Å². The summed E-state index contributed by atoms with van der Waals surface area (Å²) >= 11 is 0. The number of aromatic nitrogens is 1. The Kier molecular flexibility index (Phi) is 2.86. The maximum atomic E-state index is 12.2. The number of ether oxygens (including phenoxy) is 1. The molecule has 0 saturated carbocycles. The second-order valence-electron chi connectivity index (χ2n) is 4.30. The van der Waals surface area contributed by atoms with Gasteiger partial charge in [-0.2, -0.15) is 0 Å². The Morgan fingerprint density at radius 3 is 3.05 bits per heavy atom. The van der Waals surface area contributed by atoms with Crippen molar-refractivity contribution in [3.05, 3.63) is 35.6 Å². The van der Waals surface area contributed by atoms with Gasteiger partial charge in [-0.05, 0) is 19.1 Å². The van der Waals surface area contributed by atoms with Gasteiger partial charge in [-0.15, -0.1) is 0 Å². The second-order valence-corrected chi connectivity index (χ2v) is 4.30. The fourth-order valence-corrected chi connectivity index (χ4v) is 1.90. The van der Waals surface area contributed by atoms with E-state index in [1.165, 1.54) is 0 Å². The molecule has 1 aliphatic rings. The Balaban J connectivity index is 1.88. The smallest absolute Gasteiger partial charge is 0.262 e. The lowest BCUT2D eigenvalue weighted by Gasteiger charge is -2.19. The molecule has 0 saturated heterocycles. The van der Waals surface area contributed by atoms with Crippen molar-refractivity contribution in [2.45, 2.75) is 6.92 Å². The number of para-hydroxylation sites is 1. The number of benzene rings is 1. The van der Waals surface area contributed by atoms with Crippen LogP contribution in [0.4, 0.5) is 11.5 Å². The Hall–Kier alpha value is -2.83. The van der Waals surface area contributed by atoms with E-state index in [9.17, 15) is 9.59 Å². The van der Waals surface area contributed by atoms with E-state index in [1.807, 2.05) is 0 Å². The first-order chi connectivity index (χ1) is 9.63. The van der Waals surface area contributed by atoms with Crippen molar-refractivity contribution in [2.24, 2.45) is 0 Å². The monoisotopic (exact) mass is 273 g/mol. The van der Waals surface area contributed by atoms with Gasteiger partial charge in [0.15, 0.2) is 18.2 Å². The highest BCUT2D eigenvalue weighted by molar-refractivity contribution is 6.08. The van der Waals surface area contributed by atoms with E-state index in [0.29, 0.717) is 28.6 Å². The van der Waals surface area contributed by atoms with Gasteiger partial charge in [0.1, 0.15) is 5.76 Å². The van der Waals surface area contributed by atoms with Gasteiger partial charge in [-0.25, -0.2) is 0 Å². The Morgan fingerprint density at radius 2 is 2.30 bits per heavy atom. The van der Waals surface area contributed by atoms with Gasteiger partial charge in [-0.1, -0.05) is 11.2 Å². The van der Waals surface area contributed by atoms with Crippen LogP contribution < -0.4 is 15.4 Å². The van der Waals surface area contributed by atoms with Crippen molar-refractivity contribution in [3.8, 4) is 5.75 Å². The average molecular weight is 273 g/mol. The molecule has 3 rings (SSSR count). The molecule has 2 heterocycles. The number of amides is 2. The van der Waals surface area contributed by atoms with E-state index < -0.39 is 0 Å². The van der Waals surface area contributed by atoms with Crippen molar-refractivity contribution in [1.82, 2.24) is 5.16 Å². The lowest BCUT2D eigenvalue weighted by molar-refractivity contribution is -0.118. The van der Waals surface area contributed by atoms with E-state index in [4.69, 9.17) is 9.26 Å². The van der Waals surface area contributed by atoms with Crippen molar-refractivity contribution >= 4 is 23.3 Å². The Labute approximate surface area is 113 Å². The van der Waals surface area contributed by atoms with Gasteiger partial charge in [-0.3, -0.25) is 9.59 Å². The summed E-state index contributed by atoms with van der Waals surface area (Å²) in [6.45, 7) is 1.62. The zero-order chi connectivity index (χ0) is 14.1. The van der Waals surface area contributed by atoms with Crippen molar-refractivity contribution in [3.63, 3.8) is 0 Å². The molecule has 7 heteroatoms. The van der Waals surface area contributed by atoms with Crippen LogP contribution in [0.25, 0.3) is 0 Å². The number of hydrogen-bond donors (Lipinski definition) is 2. The number of carbonyl (C=O) groups excluding carboxylic acids is 2. The number of aryl methyl sites for hydroxylation is 1. The molecule has 0 unspecified atom stereocenters. The molecule has 7 nitrogen and oxygen atoms in total. The zero-order valence-electron chi connectivity index (χ0n) is 10.6. The molecular formula is C13H11N3O4. The molecule has 20 heavy (non-hydrogen) atoms. The number of nitrogens with zero attached hydrogens (tertiary/aromatic N) is 1. The predicted octanol–water partition coefficient (Wildman–Crippen LogP) is 1.57. The summed E-state index contributed by atoms with van der Waals surface area (Å²) in [6, 6.07) is 6.55. The first kappa shape index (κ1) is 12.2. The molecule has 102 valence electrons. The average Bonchev–Trinajstić information content (AvgIpc) is 2.83. The van der Waals surface area contributed by atoms with Crippen LogP contribution in [0.3, 0.4) is 0 Å². The van der Waals surface area contributed by atoms with Gasteiger partial charge in [0.05, 0.1) is 11.3 Å². The molecular weight excluding hydrogens is 262 g/mol. The minimum Gasteiger partial charge on any atom is -0.481 e. The van der Waals surface area contributed by atoms with Gasteiger partial charge in [0.25, 0.3) is 11.8 Å². The summed E-state index contributed by atoms with van der Waals surface area (Å²) in [6.07, 6.45) is 0. The lowest BCUT2D eigenvalue weighted by atomic mass is 10.1. The van der Waals surface area contributed by atoms with Crippen LogP contribution in [0, 0.1) is 6.92 Å². The molecule has 1 aromatic carbocycles. The minimum absolute atomic E-state index is 0.111. The highest BCUT2D eigenvalue weighted by Gasteiger charge is 2.22. The number of hydrogen-bond acceptors (Lipinski definition) is 5. The first-order valence-corrected chi connectivity index (χ1v) is 5.94. The van der Waals surface area contributed by atoms with Crippen molar-refractivity contribution in [1.29, 1.82) is 0 Å². The number of anilines is 2. The summed E-state index contributed by atoms with van der Waals surface area (Å²) in [5, 5.41) is 8.94. The van der Waals surface area contributed by atoms with E-state index in [0.717, 1.165) is 0 Å². The molecule has 2 aromatic rings. The number of nitrogens with one attached hydrogen (secondary N) is 2. The second kappa shape index (κ2) is 4.69. The third kappa shape index (κ3) is 2.20. The van der Waals surface area contributed by atoms with E-state index in [-0.39, 0.29) is 18.4 Å². The zero-order valence-corrected chi connectivity index (χ0v) is 10.6. The van der Waals surface area contributed by atoms with Crippen molar-refractivity contribution in [2.75, 3.05) is 17.2 Å². The number of fused-ring (bicyclic) bond motifs is 1. The van der Waals surface area contributed by atoms with E-state index in [2.05, 4.69) is 15.8 Å². The molecule has 2 N–H and O–H groups in total. The predicted molar refractivity (Wildman–Crippen MR) is 69.8 cm³/mol. The molecule has 0 atom stereocenters. The minimum atomic E-state index is -0.383. The van der Waals surface area contributed by atoms with Gasteiger partial charge >= 0.3 is 0 Å². The normalized spacial score (nSPS) is 13.2. The Bertz CT molecular complexity index is 693. The SMILES string of the molecule is Cc1cc(NC(=O)c2cccc3c2OCC(=O)N3)no1. The fraction of sp³-hybridized carbons (Fsp3) is 0.154. The van der Waals surface area contributed by atoms with Crippen LogP contribution in [0.15, 0.2) is 28.8 Å². The maximum absolute atomic E-state index is 12.2. The fourth-order valence-electron chi connectivity index (χ4n) is 1.90. The summed E-state index contributed by atoms with van der Waals surface area (Å²) in [5.74, 6) is 0.641. The Morgan fingerprint density at radius 1 is 1.45 bits per heavy atom. The summed E-state index contributed by atoms with van der Waals surface area (Å²) in [7, 11) is 0. The van der Waals surface area contributed by atoms with Crippen LogP contribution in [0.1, 0.15) is 16.1 Å². The van der Waals surface area contributed by atoms with Gasteiger partial charge < -0.3 is 19.9 Å². The van der Waals surface area contributed by atoms with Crippen LogP contribution in [-0.4, -0.2) is 23.6 Å². The number of rotatable bonds is 2. The largest absolute Gasteiger partial charge is 0.481 e. The highest BCUT2D eigenvalue weighted by Crippen LogP contribution is 2.31. The molecule has 0 spiro atoms. The van der Waals surface area contributed by atoms with Gasteiger partial charge in [0, 0.05) is 6.07 Å². The molecule has 2 amide bonds. The van der Waals surface area contributed by atoms with E-state index in [1.54, 1.807) is 31.2 Å². The molecule has 0 fully saturated rings. The number of carbonyl (C=O) groups is 2. The quantitative estimate of drug-likeness (QED) is 0.866. The molecule has 0 bridgehead atoms.